The van der Waals surface area contributed by atoms with Gasteiger partial charge in [0.2, 0.25) is 0 Å². The Labute approximate surface area is 87.1 Å². The summed E-state index contributed by atoms with van der Waals surface area (Å²) in [4.78, 5) is 0. The topological polar surface area (TPSA) is 12.0 Å². The number of hydrogen-bond acceptors (Lipinski definition) is 2. The highest BCUT2D eigenvalue weighted by atomic mass is 32.2. The second kappa shape index (κ2) is 5.92. The molecule has 0 heterocycles. The smallest absolute Gasteiger partial charge is 0.0144 e. The highest BCUT2D eigenvalue weighted by Crippen LogP contribution is 2.20. The Morgan fingerprint density at radius 2 is 2.00 bits per heavy atom. The fourth-order valence-electron chi connectivity index (χ4n) is 1.18. The SMILES string of the molecule is CC(C)CCSC(C)CNC1CC1. The normalized spacial score (nSPS) is 19.4. The van der Waals surface area contributed by atoms with Crippen LogP contribution in [0.2, 0.25) is 0 Å². The molecule has 1 atom stereocenters. The first kappa shape index (κ1) is 11.4. The van der Waals surface area contributed by atoms with Gasteiger partial charge in [-0.25, -0.2) is 0 Å². The zero-order valence-electron chi connectivity index (χ0n) is 9.18. The van der Waals surface area contributed by atoms with E-state index in [-0.39, 0.29) is 0 Å². The van der Waals surface area contributed by atoms with Crippen LogP contribution < -0.4 is 5.32 Å². The fraction of sp³-hybridized carbons (Fsp3) is 1.00. The number of thioether (sulfide) groups is 1. The third-order valence-corrected chi connectivity index (χ3v) is 3.58. The Bertz CT molecular complexity index is 132. The van der Waals surface area contributed by atoms with Crippen LogP contribution in [0.25, 0.3) is 0 Å². The molecule has 13 heavy (non-hydrogen) atoms. The molecular weight excluding hydrogens is 178 g/mol. The molecule has 1 fully saturated rings. The molecule has 0 amide bonds. The molecule has 0 aliphatic heterocycles. The molecule has 0 spiro atoms. The van der Waals surface area contributed by atoms with Crippen molar-refractivity contribution in [3.05, 3.63) is 0 Å². The summed E-state index contributed by atoms with van der Waals surface area (Å²) in [7, 11) is 0. The molecule has 2 heteroatoms. The van der Waals surface area contributed by atoms with Crippen molar-refractivity contribution in [1.82, 2.24) is 5.32 Å². The van der Waals surface area contributed by atoms with Gasteiger partial charge in [0, 0.05) is 17.8 Å². The van der Waals surface area contributed by atoms with Gasteiger partial charge in [-0.15, -0.1) is 0 Å². The average molecular weight is 201 g/mol. The van der Waals surface area contributed by atoms with Gasteiger partial charge in [0.15, 0.2) is 0 Å². The lowest BCUT2D eigenvalue weighted by Crippen LogP contribution is -2.24. The highest BCUT2D eigenvalue weighted by Gasteiger charge is 2.20. The summed E-state index contributed by atoms with van der Waals surface area (Å²) in [6.45, 7) is 8.13. The van der Waals surface area contributed by atoms with Gasteiger partial charge < -0.3 is 5.32 Å². The van der Waals surface area contributed by atoms with Crippen LogP contribution in [-0.4, -0.2) is 23.6 Å². The number of nitrogens with one attached hydrogen (secondary N) is 1. The second-order valence-corrected chi connectivity index (χ2v) is 6.09. The second-order valence-electron chi connectivity index (χ2n) is 4.55. The van der Waals surface area contributed by atoms with Crippen molar-refractivity contribution in [1.29, 1.82) is 0 Å². The van der Waals surface area contributed by atoms with Gasteiger partial charge in [0.1, 0.15) is 0 Å². The zero-order valence-corrected chi connectivity index (χ0v) is 9.99. The largest absolute Gasteiger partial charge is 0.313 e. The van der Waals surface area contributed by atoms with E-state index in [0.29, 0.717) is 0 Å². The van der Waals surface area contributed by atoms with Crippen molar-refractivity contribution in [2.75, 3.05) is 12.3 Å². The van der Waals surface area contributed by atoms with Crippen LogP contribution in [0.15, 0.2) is 0 Å². The molecule has 0 saturated heterocycles. The lowest BCUT2D eigenvalue weighted by Gasteiger charge is -2.12. The summed E-state index contributed by atoms with van der Waals surface area (Å²) in [6, 6.07) is 0.869. The van der Waals surface area contributed by atoms with Crippen LogP contribution in [0.4, 0.5) is 0 Å². The van der Waals surface area contributed by atoms with Crippen molar-refractivity contribution in [2.45, 2.75) is 51.3 Å². The van der Waals surface area contributed by atoms with E-state index in [1.165, 1.54) is 31.6 Å². The molecule has 0 aromatic heterocycles. The van der Waals surface area contributed by atoms with Crippen molar-refractivity contribution in [3.8, 4) is 0 Å². The maximum atomic E-state index is 3.57. The van der Waals surface area contributed by atoms with E-state index in [1.807, 2.05) is 0 Å². The summed E-state index contributed by atoms with van der Waals surface area (Å²) < 4.78 is 0. The standard InChI is InChI=1S/C11H23NS/c1-9(2)6-7-13-10(3)8-12-11-4-5-11/h9-12H,4-8H2,1-3H3. The van der Waals surface area contributed by atoms with Gasteiger partial charge in [0.25, 0.3) is 0 Å². The van der Waals surface area contributed by atoms with E-state index in [0.717, 1.165) is 17.2 Å². The first-order chi connectivity index (χ1) is 6.18. The lowest BCUT2D eigenvalue weighted by molar-refractivity contribution is 0.629. The van der Waals surface area contributed by atoms with E-state index in [1.54, 1.807) is 0 Å². The van der Waals surface area contributed by atoms with Crippen molar-refractivity contribution < 1.29 is 0 Å². The van der Waals surface area contributed by atoms with Crippen molar-refractivity contribution in [2.24, 2.45) is 5.92 Å². The van der Waals surface area contributed by atoms with Crippen molar-refractivity contribution in [3.63, 3.8) is 0 Å². The minimum atomic E-state index is 0.791. The minimum absolute atomic E-state index is 0.791. The predicted octanol–water partition coefficient (Wildman–Crippen LogP) is 2.91. The summed E-state index contributed by atoms with van der Waals surface area (Å²) in [6.07, 6.45) is 4.17. The lowest BCUT2D eigenvalue weighted by atomic mass is 10.2. The highest BCUT2D eigenvalue weighted by molar-refractivity contribution is 7.99. The molecule has 0 aromatic carbocycles. The van der Waals surface area contributed by atoms with E-state index >= 15 is 0 Å². The minimum Gasteiger partial charge on any atom is -0.313 e. The summed E-state index contributed by atoms with van der Waals surface area (Å²) in [5.74, 6) is 2.18. The molecule has 1 nitrogen and oxygen atoms in total. The zero-order chi connectivity index (χ0) is 9.68. The Morgan fingerprint density at radius 3 is 2.54 bits per heavy atom. The van der Waals surface area contributed by atoms with E-state index in [4.69, 9.17) is 0 Å². The molecule has 1 rings (SSSR count). The monoisotopic (exact) mass is 201 g/mol. The maximum Gasteiger partial charge on any atom is 0.0144 e. The number of rotatable bonds is 7. The molecule has 0 aromatic rings. The molecular formula is C11H23NS. The Balaban J connectivity index is 1.87. The van der Waals surface area contributed by atoms with Gasteiger partial charge in [-0.3, -0.25) is 0 Å². The molecule has 1 unspecified atom stereocenters. The molecule has 78 valence electrons. The van der Waals surface area contributed by atoms with Gasteiger partial charge in [0.05, 0.1) is 0 Å². The van der Waals surface area contributed by atoms with Crippen LogP contribution in [0.3, 0.4) is 0 Å². The molecule has 0 radical (unpaired) electrons. The van der Waals surface area contributed by atoms with Crippen molar-refractivity contribution >= 4 is 11.8 Å². The van der Waals surface area contributed by atoms with Crippen LogP contribution in [-0.2, 0) is 0 Å². The van der Waals surface area contributed by atoms with E-state index in [9.17, 15) is 0 Å². The summed E-state index contributed by atoms with van der Waals surface area (Å²) in [5, 5.41) is 4.36. The Kier molecular flexibility index (Phi) is 5.18. The van der Waals surface area contributed by atoms with Crippen LogP contribution >= 0.6 is 11.8 Å². The van der Waals surface area contributed by atoms with Gasteiger partial charge >= 0.3 is 0 Å². The van der Waals surface area contributed by atoms with Crippen LogP contribution in [0.1, 0.15) is 40.0 Å². The third-order valence-electron chi connectivity index (χ3n) is 2.37. The van der Waals surface area contributed by atoms with Crippen LogP contribution in [0, 0.1) is 5.92 Å². The van der Waals surface area contributed by atoms with Crippen LogP contribution in [0.5, 0.6) is 0 Å². The molecule has 0 bridgehead atoms. The summed E-state index contributed by atoms with van der Waals surface area (Å²) in [5.41, 5.74) is 0. The van der Waals surface area contributed by atoms with E-state index < -0.39 is 0 Å². The summed E-state index contributed by atoms with van der Waals surface area (Å²) >= 11 is 2.11. The predicted molar refractivity (Wildman–Crippen MR) is 62.4 cm³/mol. The van der Waals surface area contributed by atoms with E-state index in [2.05, 4.69) is 37.8 Å². The first-order valence-electron chi connectivity index (χ1n) is 5.53. The van der Waals surface area contributed by atoms with Gasteiger partial charge in [-0.2, -0.15) is 11.8 Å². The van der Waals surface area contributed by atoms with Gasteiger partial charge in [-0.1, -0.05) is 20.8 Å². The molecule has 1 aliphatic carbocycles. The van der Waals surface area contributed by atoms with Gasteiger partial charge in [-0.05, 0) is 30.9 Å². The third kappa shape index (κ3) is 6.39. The molecule has 1 N–H and O–H groups in total. The molecule has 1 saturated carbocycles. The fourth-order valence-corrected chi connectivity index (χ4v) is 2.41. The Morgan fingerprint density at radius 1 is 1.31 bits per heavy atom. The quantitative estimate of drug-likeness (QED) is 0.680. The average Bonchev–Trinajstić information content (AvgIpc) is 2.83. The first-order valence-corrected chi connectivity index (χ1v) is 6.58. The maximum absolute atomic E-state index is 3.57. The Hall–Kier alpha value is 0.310. The number of hydrogen-bond donors (Lipinski definition) is 1. The molecule has 1 aliphatic rings.